The SMILES string of the molecule is C#CC1(O)CCC2C3CCC4CC(=O)CCC4(C)C3CCC21C. The lowest BCUT2D eigenvalue weighted by molar-refractivity contribution is -0.147. The summed E-state index contributed by atoms with van der Waals surface area (Å²) >= 11 is 0. The highest BCUT2D eigenvalue weighted by molar-refractivity contribution is 5.79. The fourth-order valence-corrected chi connectivity index (χ4v) is 7.30. The van der Waals surface area contributed by atoms with Crippen molar-refractivity contribution < 1.29 is 9.90 Å². The molecule has 0 spiro atoms. The molecule has 0 aromatic rings. The number of Topliss-reactive ketones (excluding diaryl/α,β-unsaturated/α-hetero) is 1. The monoisotopic (exact) mass is 314 g/mol. The van der Waals surface area contributed by atoms with Gasteiger partial charge in [-0.2, -0.15) is 0 Å². The third-order valence-corrected chi connectivity index (χ3v) is 8.87. The van der Waals surface area contributed by atoms with Crippen LogP contribution in [-0.2, 0) is 4.79 Å². The quantitative estimate of drug-likeness (QED) is 0.687. The molecule has 0 saturated heterocycles. The summed E-state index contributed by atoms with van der Waals surface area (Å²) in [6.45, 7) is 4.71. The minimum absolute atomic E-state index is 0.101. The largest absolute Gasteiger partial charge is 0.377 e. The Balaban J connectivity index is 1.66. The van der Waals surface area contributed by atoms with E-state index in [9.17, 15) is 9.90 Å². The average Bonchev–Trinajstić information content (AvgIpc) is 2.80. The molecule has 0 radical (unpaired) electrons. The summed E-state index contributed by atoms with van der Waals surface area (Å²) in [7, 11) is 0. The Bertz CT molecular complexity index is 575. The summed E-state index contributed by atoms with van der Waals surface area (Å²) in [6, 6.07) is 0. The number of ketones is 1. The second-order valence-corrected chi connectivity index (χ2v) is 9.40. The smallest absolute Gasteiger partial charge is 0.133 e. The lowest BCUT2D eigenvalue weighted by atomic mass is 9.44. The van der Waals surface area contributed by atoms with Crippen LogP contribution in [0, 0.1) is 46.8 Å². The molecule has 4 saturated carbocycles. The molecule has 4 aliphatic rings. The fraction of sp³-hybridized carbons (Fsp3) is 0.857. The van der Waals surface area contributed by atoms with Crippen molar-refractivity contribution in [2.75, 3.05) is 0 Å². The van der Waals surface area contributed by atoms with Gasteiger partial charge in [0.1, 0.15) is 11.4 Å². The van der Waals surface area contributed by atoms with E-state index in [0.717, 1.165) is 44.4 Å². The molecule has 126 valence electrons. The van der Waals surface area contributed by atoms with E-state index in [1.807, 2.05) is 0 Å². The Morgan fingerprint density at radius 3 is 2.57 bits per heavy atom. The first-order valence-electron chi connectivity index (χ1n) is 9.56. The van der Waals surface area contributed by atoms with Crippen LogP contribution >= 0.6 is 0 Å². The van der Waals surface area contributed by atoms with E-state index < -0.39 is 5.60 Å². The number of aliphatic hydroxyl groups is 1. The molecule has 0 aliphatic heterocycles. The molecular formula is C21H30O2. The van der Waals surface area contributed by atoms with Gasteiger partial charge in [0, 0.05) is 18.3 Å². The van der Waals surface area contributed by atoms with Crippen LogP contribution in [0.1, 0.15) is 71.6 Å². The highest BCUT2D eigenvalue weighted by atomic mass is 16.3. The van der Waals surface area contributed by atoms with E-state index in [1.165, 1.54) is 19.3 Å². The predicted molar refractivity (Wildman–Crippen MR) is 90.5 cm³/mol. The minimum atomic E-state index is -0.900. The van der Waals surface area contributed by atoms with Gasteiger partial charge in [0.15, 0.2) is 0 Å². The predicted octanol–water partition coefficient (Wildman–Crippen LogP) is 3.96. The van der Waals surface area contributed by atoms with Crippen molar-refractivity contribution in [2.24, 2.45) is 34.5 Å². The van der Waals surface area contributed by atoms with E-state index in [1.54, 1.807) is 0 Å². The maximum absolute atomic E-state index is 11.9. The van der Waals surface area contributed by atoms with Gasteiger partial charge >= 0.3 is 0 Å². The molecule has 0 aromatic heterocycles. The zero-order valence-electron chi connectivity index (χ0n) is 14.6. The van der Waals surface area contributed by atoms with Crippen LogP contribution in [0.3, 0.4) is 0 Å². The van der Waals surface area contributed by atoms with E-state index in [0.29, 0.717) is 29.0 Å². The molecule has 4 fully saturated rings. The summed E-state index contributed by atoms with van der Waals surface area (Å²) in [5.41, 5.74) is -0.658. The molecule has 0 amide bonds. The van der Waals surface area contributed by atoms with Gasteiger partial charge in [-0.3, -0.25) is 4.79 Å². The lowest BCUT2D eigenvalue weighted by Gasteiger charge is -2.60. The van der Waals surface area contributed by atoms with Gasteiger partial charge < -0.3 is 5.11 Å². The third-order valence-electron chi connectivity index (χ3n) is 8.87. The standard InChI is InChI=1S/C21H30O2/c1-4-21(23)12-9-18-16-6-5-14-13-15(22)7-10-19(14,2)17(16)8-11-20(18,21)3/h1,14,16-18,23H,5-13H2,2-3H3. The van der Waals surface area contributed by atoms with Gasteiger partial charge in [-0.25, -0.2) is 0 Å². The molecule has 0 bridgehead atoms. The second kappa shape index (κ2) is 4.85. The highest BCUT2D eigenvalue weighted by Gasteiger charge is 2.64. The van der Waals surface area contributed by atoms with Crippen molar-refractivity contribution in [1.29, 1.82) is 0 Å². The van der Waals surface area contributed by atoms with Crippen molar-refractivity contribution in [2.45, 2.75) is 77.2 Å². The molecule has 4 aliphatic carbocycles. The van der Waals surface area contributed by atoms with Crippen LogP contribution in [0.15, 0.2) is 0 Å². The Labute approximate surface area is 140 Å². The molecular weight excluding hydrogens is 284 g/mol. The van der Waals surface area contributed by atoms with Crippen LogP contribution < -0.4 is 0 Å². The number of hydrogen-bond acceptors (Lipinski definition) is 2. The van der Waals surface area contributed by atoms with Gasteiger partial charge in [-0.15, -0.1) is 6.42 Å². The van der Waals surface area contributed by atoms with E-state index in [4.69, 9.17) is 6.42 Å². The van der Waals surface area contributed by atoms with Gasteiger partial charge in [-0.05, 0) is 74.0 Å². The summed E-state index contributed by atoms with van der Waals surface area (Å²) < 4.78 is 0. The summed E-state index contributed by atoms with van der Waals surface area (Å²) in [5.74, 6) is 5.83. The van der Waals surface area contributed by atoms with E-state index in [2.05, 4.69) is 19.8 Å². The summed E-state index contributed by atoms with van der Waals surface area (Å²) in [4.78, 5) is 11.9. The Morgan fingerprint density at radius 2 is 1.83 bits per heavy atom. The zero-order valence-corrected chi connectivity index (χ0v) is 14.6. The molecule has 2 nitrogen and oxygen atoms in total. The van der Waals surface area contributed by atoms with Crippen LogP contribution in [0.2, 0.25) is 0 Å². The fourth-order valence-electron chi connectivity index (χ4n) is 7.30. The molecule has 2 heteroatoms. The number of hydrogen-bond donors (Lipinski definition) is 1. The number of carbonyl (C=O) groups excluding carboxylic acids is 1. The van der Waals surface area contributed by atoms with Crippen molar-refractivity contribution in [1.82, 2.24) is 0 Å². The average molecular weight is 314 g/mol. The summed E-state index contributed by atoms with van der Waals surface area (Å²) in [6.07, 6.45) is 14.9. The van der Waals surface area contributed by atoms with Crippen molar-refractivity contribution in [3.63, 3.8) is 0 Å². The van der Waals surface area contributed by atoms with Crippen LogP contribution in [0.4, 0.5) is 0 Å². The van der Waals surface area contributed by atoms with Crippen molar-refractivity contribution in [3.8, 4) is 12.3 Å². The van der Waals surface area contributed by atoms with Crippen molar-refractivity contribution in [3.05, 3.63) is 0 Å². The van der Waals surface area contributed by atoms with Gasteiger partial charge in [0.2, 0.25) is 0 Å². The molecule has 0 aromatic carbocycles. The number of carbonyl (C=O) groups is 1. The first kappa shape index (κ1) is 15.7. The molecule has 4 rings (SSSR count). The Kier molecular flexibility index (Phi) is 3.31. The zero-order chi connectivity index (χ0) is 16.5. The Hall–Kier alpha value is -0.810. The molecule has 7 atom stereocenters. The molecule has 7 unspecified atom stereocenters. The van der Waals surface area contributed by atoms with Gasteiger partial charge in [-0.1, -0.05) is 19.8 Å². The highest BCUT2D eigenvalue weighted by Crippen LogP contribution is 2.67. The first-order valence-corrected chi connectivity index (χ1v) is 9.56. The molecule has 23 heavy (non-hydrogen) atoms. The third kappa shape index (κ3) is 1.89. The maximum Gasteiger partial charge on any atom is 0.133 e. The van der Waals surface area contributed by atoms with Crippen LogP contribution in [0.5, 0.6) is 0 Å². The van der Waals surface area contributed by atoms with Gasteiger partial charge in [0.25, 0.3) is 0 Å². The maximum atomic E-state index is 11.9. The number of fused-ring (bicyclic) bond motifs is 5. The molecule has 0 heterocycles. The van der Waals surface area contributed by atoms with Gasteiger partial charge in [0.05, 0.1) is 0 Å². The second-order valence-electron chi connectivity index (χ2n) is 9.40. The lowest BCUT2D eigenvalue weighted by Crippen LogP contribution is -2.56. The number of rotatable bonds is 0. The van der Waals surface area contributed by atoms with Crippen LogP contribution in [0.25, 0.3) is 0 Å². The first-order chi connectivity index (χ1) is 10.8. The normalized spacial score (nSPS) is 55.5. The van der Waals surface area contributed by atoms with E-state index >= 15 is 0 Å². The molecule has 1 N–H and O–H groups in total. The Morgan fingerprint density at radius 1 is 1.09 bits per heavy atom. The number of terminal acetylenes is 1. The topological polar surface area (TPSA) is 37.3 Å². The van der Waals surface area contributed by atoms with Crippen molar-refractivity contribution >= 4 is 5.78 Å². The van der Waals surface area contributed by atoms with E-state index in [-0.39, 0.29) is 5.41 Å². The summed E-state index contributed by atoms with van der Waals surface area (Å²) in [5, 5.41) is 11.0. The van der Waals surface area contributed by atoms with Crippen LogP contribution in [-0.4, -0.2) is 16.5 Å². The minimum Gasteiger partial charge on any atom is -0.377 e.